The van der Waals surface area contributed by atoms with E-state index in [1.54, 1.807) is 30.3 Å². The van der Waals surface area contributed by atoms with Gasteiger partial charge in [-0.15, -0.1) is 20.4 Å². The van der Waals surface area contributed by atoms with Gasteiger partial charge in [0.05, 0.1) is 5.69 Å². The van der Waals surface area contributed by atoms with Crippen molar-refractivity contribution < 1.29 is 8.39 Å². The minimum Gasteiger partial charge on any atom is -0.441 e. The van der Waals surface area contributed by atoms with E-state index >= 15 is 0 Å². The Bertz CT molecular complexity index is 761. The highest BCUT2D eigenvalue weighted by Crippen LogP contribution is 2.30. The molecule has 0 N–H and O–H groups in total. The van der Waals surface area contributed by atoms with Crippen LogP contribution in [0, 0.1) is 6.92 Å². The zero-order chi connectivity index (χ0) is 16.1. The lowest BCUT2D eigenvalue weighted by Crippen LogP contribution is -1.87. The van der Waals surface area contributed by atoms with Gasteiger partial charge in [0.15, 0.2) is 10.2 Å². The van der Waals surface area contributed by atoms with Gasteiger partial charge in [-0.2, -0.15) is 0 Å². The third kappa shape index (κ3) is 4.09. The molecule has 2 rings (SSSR count). The smallest absolute Gasteiger partial charge is 0.252 e. The molecule has 0 aliphatic carbocycles. The third-order valence-corrected chi connectivity index (χ3v) is 4.82. The van der Waals surface area contributed by atoms with Gasteiger partial charge in [-0.1, -0.05) is 40.9 Å². The summed E-state index contributed by atoms with van der Waals surface area (Å²) in [6, 6.07) is 0. The molecule has 9 nitrogen and oxygen atoms in total. The van der Waals surface area contributed by atoms with Crippen LogP contribution < -0.4 is 0 Å². The molecule has 0 fully saturated rings. The molecule has 0 aromatic carbocycles. The quantitative estimate of drug-likeness (QED) is 0.443. The molecule has 12 heteroatoms. The summed E-state index contributed by atoms with van der Waals surface area (Å²) in [4.78, 5) is 4.18. The zero-order valence-corrected chi connectivity index (χ0v) is 14.8. The molecule has 22 heavy (non-hydrogen) atoms. The fraction of sp³-hybridized carbons (Fsp3) is 0.500. The Morgan fingerprint density at radius 2 is 2.18 bits per heavy atom. The normalized spacial score (nSPS) is 13.3. The topological polar surface area (TPSA) is 107 Å². The number of imidazole rings is 1. The van der Waals surface area contributed by atoms with Gasteiger partial charge in [0, 0.05) is 14.2 Å². The number of hydrogen-bond acceptors (Lipinski definition) is 11. The maximum Gasteiger partial charge on any atom is 0.252 e. The van der Waals surface area contributed by atoms with Crippen LogP contribution in [0.3, 0.4) is 0 Å². The largest absolute Gasteiger partial charge is 0.441 e. The second-order valence-electron chi connectivity index (χ2n) is 3.84. The summed E-state index contributed by atoms with van der Waals surface area (Å²) < 4.78 is 22.1. The van der Waals surface area contributed by atoms with Gasteiger partial charge >= 0.3 is 0 Å². The number of rotatable bonds is 6. The first-order valence-electron chi connectivity index (χ1n) is 6.14. The van der Waals surface area contributed by atoms with Crippen molar-refractivity contribution in [1.29, 1.82) is 0 Å². The molecule has 0 spiro atoms. The van der Waals surface area contributed by atoms with Crippen LogP contribution in [0.4, 0.5) is 16.9 Å². The van der Waals surface area contributed by atoms with Crippen molar-refractivity contribution in [3.05, 3.63) is 5.69 Å². The SMILES string of the molecule is CCSc1nnc(N=Nc2c(C)nc(N=[S-](=O)OC)n2C)s1. The minimum absolute atomic E-state index is 0.256. The number of aromatic nitrogens is 4. The molecule has 0 aliphatic rings. The molecule has 0 atom stereocenters. The van der Waals surface area contributed by atoms with E-state index < -0.39 is 10.9 Å². The van der Waals surface area contributed by atoms with Crippen LogP contribution in [-0.4, -0.2) is 32.6 Å². The van der Waals surface area contributed by atoms with E-state index in [2.05, 4.69) is 34.0 Å². The van der Waals surface area contributed by atoms with E-state index in [0.717, 1.165) is 10.1 Å². The molecule has 0 amide bonds. The summed E-state index contributed by atoms with van der Waals surface area (Å²) in [5.74, 6) is 1.69. The molecule has 0 bridgehead atoms. The zero-order valence-electron chi connectivity index (χ0n) is 12.4. The van der Waals surface area contributed by atoms with Crippen molar-refractivity contribution in [2.24, 2.45) is 21.6 Å². The van der Waals surface area contributed by atoms with Gasteiger partial charge in [-0.25, -0.2) is 4.98 Å². The van der Waals surface area contributed by atoms with Crippen molar-refractivity contribution in [1.82, 2.24) is 19.7 Å². The van der Waals surface area contributed by atoms with Crippen LogP contribution >= 0.6 is 23.1 Å². The Labute approximate surface area is 137 Å². The number of aryl methyl sites for hydroxylation is 1. The molecule has 2 aromatic rings. The lowest BCUT2D eigenvalue weighted by Gasteiger charge is -2.01. The highest BCUT2D eigenvalue weighted by atomic mass is 32.2. The van der Waals surface area contributed by atoms with Crippen molar-refractivity contribution in [3.63, 3.8) is 0 Å². The first-order valence-corrected chi connectivity index (χ1v) is 8.98. The molecule has 0 saturated heterocycles. The number of nitrogens with zero attached hydrogens (tertiary/aromatic N) is 7. The lowest BCUT2D eigenvalue weighted by atomic mass is 10.5. The van der Waals surface area contributed by atoms with Crippen LogP contribution in [0.5, 0.6) is 0 Å². The van der Waals surface area contributed by atoms with Gasteiger partial charge in [-0.05, 0) is 12.7 Å². The van der Waals surface area contributed by atoms with Crippen LogP contribution in [0.1, 0.15) is 12.6 Å². The Balaban J connectivity index is 2.25. The van der Waals surface area contributed by atoms with Crippen molar-refractivity contribution in [2.75, 3.05) is 12.9 Å². The lowest BCUT2D eigenvalue weighted by molar-refractivity contribution is 0.437. The van der Waals surface area contributed by atoms with E-state index in [1.807, 2.05) is 6.92 Å². The maximum absolute atomic E-state index is 11.3. The van der Waals surface area contributed by atoms with Crippen molar-refractivity contribution in [2.45, 2.75) is 18.2 Å². The highest BCUT2D eigenvalue weighted by Gasteiger charge is 2.10. The standard InChI is InChI=1S/C10H14N7O2S3/c1-5-20-10-15-14-9(21-10)13-12-7-6(2)11-8(17(7)3)16-22(18)19-4/h5H2,1-4H3/q-1. The molecule has 0 aliphatic heterocycles. The molecule has 0 unspecified atom stereocenters. The number of hydrogen-bond donors (Lipinski definition) is 0. The molecule has 120 valence electrons. The summed E-state index contributed by atoms with van der Waals surface area (Å²) in [6.07, 6.45) is 0. The Kier molecular flexibility index (Phi) is 5.99. The molecular weight excluding hydrogens is 346 g/mol. The summed E-state index contributed by atoms with van der Waals surface area (Å²) in [5, 5.41) is 16.6. The predicted octanol–water partition coefficient (Wildman–Crippen LogP) is 3.45. The van der Waals surface area contributed by atoms with Crippen molar-refractivity contribution >= 4 is 50.9 Å². The second-order valence-corrected chi connectivity index (χ2v) is 7.26. The molecular formula is C10H14N7O2S3-. The Hall–Kier alpha value is -1.37. The Morgan fingerprint density at radius 1 is 1.41 bits per heavy atom. The molecule has 0 radical (unpaired) electrons. The van der Waals surface area contributed by atoms with Crippen LogP contribution in [0.2, 0.25) is 0 Å². The molecule has 2 aromatic heterocycles. The van der Waals surface area contributed by atoms with E-state index in [-0.39, 0.29) is 5.95 Å². The van der Waals surface area contributed by atoms with Crippen LogP contribution in [0.25, 0.3) is 0 Å². The first-order chi connectivity index (χ1) is 10.5. The van der Waals surface area contributed by atoms with E-state index in [9.17, 15) is 4.21 Å². The van der Waals surface area contributed by atoms with Gasteiger partial charge in [0.2, 0.25) is 5.95 Å². The minimum atomic E-state index is -1.78. The van der Waals surface area contributed by atoms with Crippen LogP contribution in [0.15, 0.2) is 18.9 Å². The fourth-order valence-electron chi connectivity index (χ4n) is 1.45. The summed E-state index contributed by atoms with van der Waals surface area (Å²) in [7, 11) is 1.23. The van der Waals surface area contributed by atoms with E-state index in [1.165, 1.54) is 18.4 Å². The van der Waals surface area contributed by atoms with E-state index in [0.29, 0.717) is 16.6 Å². The second kappa shape index (κ2) is 7.76. The summed E-state index contributed by atoms with van der Waals surface area (Å²) in [5.41, 5.74) is 0.616. The Morgan fingerprint density at radius 3 is 2.86 bits per heavy atom. The predicted molar refractivity (Wildman–Crippen MR) is 85.6 cm³/mol. The van der Waals surface area contributed by atoms with Crippen LogP contribution in [-0.2, 0) is 26.3 Å². The number of thioether (sulfide) groups is 1. The first kappa shape index (κ1) is 17.0. The monoisotopic (exact) mass is 360 g/mol. The van der Waals surface area contributed by atoms with E-state index in [4.69, 9.17) is 0 Å². The fourth-order valence-corrected chi connectivity index (χ4v) is 3.38. The average Bonchev–Trinajstić information content (AvgIpc) is 3.03. The molecule has 0 saturated carbocycles. The van der Waals surface area contributed by atoms with Gasteiger partial charge in [0.1, 0.15) is 0 Å². The maximum atomic E-state index is 11.3. The van der Waals surface area contributed by atoms with Gasteiger partial charge in [-0.3, -0.25) is 4.57 Å². The summed E-state index contributed by atoms with van der Waals surface area (Å²) in [6.45, 7) is 3.81. The van der Waals surface area contributed by atoms with Gasteiger partial charge < -0.3 is 12.8 Å². The highest BCUT2D eigenvalue weighted by molar-refractivity contribution is 8.01. The number of azo groups is 1. The van der Waals surface area contributed by atoms with Gasteiger partial charge in [0.25, 0.3) is 5.13 Å². The average molecular weight is 360 g/mol. The van der Waals surface area contributed by atoms with Crippen molar-refractivity contribution in [3.8, 4) is 0 Å². The third-order valence-electron chi connectivity index (χ3n) is 2.40. The summed E-state index contributed by atoms with van der Waals surface area (Å²) >= 11 is 2.97. The molecule has 2 heterocycles.